The summed E-state index contributed by atoms with van der Waals surface area (Å²) in [5, 5.41) is 0. The normalized spacial score (nSPS) is 27.0. The number of hydrogen-bond acceptors (Lipinski definition) is 3. The smallest absolute Gasteiger partial charge is 0.260 e. The minimum absolute atomic E-state index is 0. The van der Waals surface area contributed by atoms with Crippen molar-refractivity contribution in [3.8, 4) is 5.75 Å². The van der Waals surface area contributed by atoms with Crippen molar-refractivity contribution < 1.29 is 13.9 Å². The van der Waals surface area contributed by atoms with E-state index in [2.05, 4.69) is 0 Å². The number of carbonyl (C=O) groups excluding carboxylic acids is 1. The topological polar surface area (TPSA) is 55.6 Å². The number of nitrogens with zero attached hydrogens (tertiary/aromatic N) is 1. The number of rotatable bonds is 2. The van der Waals surface area contributed by atoms with E-state index in [0.29, 0.717) is 30.7 Å². The van der Waals surface area contributed by atoms with Crippen molar-refractivity contribution in [2.24, 2.45) is 17.6 Å². The van der Waals surface area contributed by atoms with Crippen LogP contribution >= 0.6 is 12.4 Å². The molecule has 1 aliphatic heterocycles. The second-order valence-electron chi connectivity index (χ2n) is 6.05. The van der Waals surface area contributed by atoms with Gasteiger partial charge in [-0.15, -0.1) is 12.4 Å². The fourth-order valence-corrected chi connectivity index (χ4v) is 3.72. The highest BCUT2D eigenvalue weighted by Crippen LogP contribution is 2.37. The molecule has 1 aliphatic carbocycles. The van der Waals surface area contributed by atoms with Crippen molar-refractivity contribution in [3.63, 3.8) is 0 Å². The van der Waals surface area contributed by atoms with Crippen molar-refractivity contribution in [1.29, 1.82) is 0 Å². The van der Waals surface area contributed by atoms with Crippen LogP contribution in [0.4, 0.5) is 4.39 Å². The van der Waals surface area contributed by atoms with Gasteiger partial charge in [-0.05, 0) is 36.8 Å². The van der Waals surface area contributed by atoms with Crippen LogP contribution in [0.5, 0.6) is 5.75 Å². The molecule has 1 saturated heterocycles. The molecule has 122 valence electrons. The lowest BCUT2D eigenvalue weighted by Gasteiger charge is -2.29. The van der Waals surface area contributed by atoms with Crippen LogP contribution in [0.25, 0.3) is 0 Å². The highest BCUT2D eigenvalue weighted by molar-refractivity contribution is 5.97. The lowest BCUT2D eigenvalue weighted by atomic mass is 9.78. The van der Waals surface area contributed by atoms with Gasteiger partial charge < -0.3 is 15.4 Å². The monoisotopic (exact) mass is 328 g/mol. The number of halogens is 2. The van der Waals surface area contributed by atoms with Crippen LogP contribution in [0.2, 0.25) is 0 Å². The molecule has 1 amide bonds. The van der Waals surface area contributed by atoms with Crippen molar-refractivity contribution in [2.75, 3.05) is 20.2 Å². The fraction of sp³-hybridized carbons (Fsp3) is 0.562. The first-order chi connectivity index (χ1) is 10.1. The van der Waals surface area contributed by atoms with Gasteiger partial charge in [0.25, 0.3) is 5.91 Å². The summed E-state index contributed by atoms with van der Waals surface area (Å²) in [7, 11) is 1.45. The van der Waals surface area contributed by atoms with Gasteiger partial charge in [-0.25, -0.2) is 4.39 Å². The molecule has 1 aromatic carbocycles. The van der Waals surface area contributed by atoms with E-state index in [1.165, 1.54) is 13.2 Å². The van der Waals surface area contributed by atoms with Gasteiger partial charge in [-0.2, -0.15) is 0 Å². The summed E-state index contributed by atoms with van der Waals surface area (Å²) in [5.41, 5.74) is 6.20. The van der Waals surface area contributed by atoms with Crippen LogP contribution in [-0.2, 0) is 0 Å². The van der Waals surface area contributed by atoms with Gasteiger partial charge in [0.1, 0.15) is 17.1 Å². The fourth-order valence-electron chi connectivity index (χ4n) is 3.72. The Labute approximate surface area is 136 Å². The molecule has 3 unspecified atom stereocenters. The zero-order chi connectivity index (χ0) is 15.0. The quantitative estimate of drug-likeness (QED) is 0.907. The Morgan fingerprint density at radius 1 is 1.36 bits per heavy atom. The minimum atomic E-state index is -0.529. The molecule has 1 heterocycles. The number of carbonyl (C=O) groups is 1. The molecule has 2 fully saturated rings. The van der Waals surface area contributed by atoms with Gasteiger partial charge in [0, 0.05) is 19.1 Å². The maximum atomic E-state index is 14.0. The van der Waals surface area contributed by atoms with Crippen LogP contribution in [-0.4, -0.2) is 37.0 Å². The Balaban J connectivity index is 0.00000176. The third-order valence-electron chi connectivity index (χ3n) is 4.85. The average Bonchev–Trinajstić information content (AvgIpc) is 2.92. The third-order valence-corrected chi connectivity index (χ3v) is 4.85. The van der Waals surface area contributed by atoms with E-state index in [9.17, 15) is 9.18 Å². The van der Waals surface area contributed by atoms with Gasteiger partial charge >= 0.3 is 0 Å². The molecule has 2 N–H and O–H groups in total. The molecule has 3 rings (SSSR count). The predicted octanol–water partition coefficient (Wildman–Crippen LogP) is 2.46. The summed E-state index contributed by atoms with van der Waals surface area (Å²) in [5.74, 6) is 0.278. The summed E-state index contributed by atoms with van der Waals surface area (Å²) in [6.07, 6.45) is 3.25. The summed E-state index contributed by atoms with van der Waals surface area (Å²) >= 11 is 0. The number of methoxy groups -OCH3 is 1. The van der Waals surface area contributed by atoms with E-state index in [1.54, 1.807) is 17.0 Å². The second kappa shape index (κ2) is 6.84. The van der Waals surface area contributed by atoms with Crippen molar-refractivity contribution >= 4 is 18.3 Å². The third kappa shape index (κ3) is 2.92. The molecule has 22 heavy (non-hydrogen) atoms. The van der Waals surface area contributed by atoms with E-state index in [-0.39, 0.29) is 29.9 Å². The standard InChI is InChI=1S/C16H21FN2O2.ClH/c1-21-14-7-3-5-12(17)15(14)16(20)19-8-10-4-2-6-13(18)11(10)9-19;/h3,5,7,10-11,13H,2,4,6,8-9,18H2,1H3;1H. The Morgan fingerprint density at radius 2 is 2.14 bits per heavy atom. The molecule has 0 radical (unpaired) electrons. The number of ether oxygens (including phenoxy) is 1. The number of benzene rings is 1. The molecule has 2 aliphatic rings. The van der Waals surface area contributed by atoms with Gasteiger partial charge in [0.2, 0.25) is 0 Å². The van der Waals surface area contributed by atoms with E-state index < -0.39 is 5.82 Å². The van der Waals surface area contributed by atoms with E-state index >= 15 is 0 Å². The van der Waals surface area contributed by atoms with Crippen LogP contribution in [0, 0.1) is 17.7 Å². The zero-order valence-electron chi connectivity index (χ0n) is 12.6. The molecule has 0 spiro atoms. The first-order valence-electron chi connectivity index (χ1n) is 7.49. The first kappa shape index (κ1) is 17.0. The molecule has 3 atom stereocenters. The lowest BCUT2D eigenvalue weighted by molar-refractivity contribution is 0.0775. The highest BCUT2D eigenvalue weighted by Gasteiger charge is 2.41. The highest BCUT2D eigenvalue weighted by atomic mass is 35.5. The number of fused-ring (bicyclic) bond motifs is 1. The zero-order valence-corrected chi connectivity index (χ0v) is 13.4. The molecular formula is C16H22ClFN2O2. The van der Waals surface area contributed by atoms with Crippen LogP contribution in [0.15, 0.2) is 18.2 Å². The van der Waals surface area contributed by atoms with Crippen LogP contribution < -0.4 is 10.5 Å². The maximum Gasteiger partial charge on any atom is 0.260 e. The molecule has 4 nitrogen and oxygen atoms in total. The molecule has 0 bridgehead atoms. The Bertz CT molecular complexity index is 555. The Hall–Kier alpha value is -1.33. The molecule has 0 aromatic heterocycles. The summed E-state index contributed by atoms with van der Waals surface area (Å²) < 4.78 is 19.2. The van der Waals surface area contributed by atoms with Crippen LogP contribution in [0.1, 0.15) is 29.6 Å². The average molecular weight is 329 g/mol. The van der Waals surface area contributed by atoms with Gasteiger partial charge in [0.05, 0.1) is 7.11 Å². The van der Waals surface area contributed by atoms with Gasteiger partial charge in [-0.1, -0.05) is 12.5 Å². The van der Waals surface area contributed by atoms with E-state index in [0.717, 1.165) is 19.3 Å². The van der Waals surface area contributed by atoms with Crippen LogP contribution in [0.3, 0.4) is 0 Å². The largest absolute Gasteiger partial charge is 0.496 e. The summed E-state index contributed by atoms with van der Waals surface area (Å²) in [4.78, 5) is 14.4. The molecule has 1 saturated carbocycles. The number of amides is 1. The number of nitrogens with two attached hydrogens (primary N) is 1. The predicted molar refractivity (Wildman–Crippen MR) is 84.9 cm³/mol. The van der Waals surface area contributed by atoms with E-state index in [1.807, 2.05) is 0 Å². The van der Waals surface area contributed by atoms with Crippen molar-refractivity contribution in [1.82, 2.24) is 4.90 Å². The Morgan fingerprint density at radius 3 is 2.82 bits per heavy atom. The number of likely N-dealkylation sites (tertiary alicyclic amines) is 1. The van der Waals surface area contributed by atoms with Gasteiger partial charge in [0.15, 0.2) is 0 Å². The van der Waals surface area contributed by atoms with Crippen molar-refractivity contribution in [2.45, 2.75) is 25.3 Å². The number of hydrogen-bond donors (Lipinski definition) is 1. The lowest BCUT2D eigenvalue weighted by Crippen LogP contribution is -2.38. The van der Waals surface area contributed by atoms with E-state index in [4.69, 9.17) is 10.5 Å². The SMILES string of the molecule is COc1cccc(F)c1C(=O)N1CC2CCCC(N)C2C1.Cl. The van der Waals surface area contributed by atoms with Gasteiger partial charge in [-0.3, -0.25) is 4.79 Å². The maximum absolute atomic E-state index is 14.0. The summed E-state index contributed by atoms with van der Waals surface area (Å²) in [6, 6.07) is 4.62. The minimum Gasteiger partial charge on any atom is -0.496 e. The first-order valence-corrected chi connectivity index (χ1v) is 7.49. The summed E-state index contributed by atoms with van der Waals surface area (Å²) in [6.45, 7) is 1.30. The molecular weight excluding hydrogens is 307 g/mol. The molecule has 1 aromatic rings. The Kier molecular flexibility index (Phi) is 5.29. The van der Waals surface area contributed by atoms with Crippen molar-refractivity contribution in [3.05, 3.63) is 29.6 Å². The second-order valence-corrected chi connectivity index (χ2v) is 6.05. The molecule has 6 heteroatoms.